The molecular weight excluding hydrogens is 144 g/mol. The maximum atomic E-state index is 9.95. The van der Waals surface area contributed by atoms with Crippen molar-refractivity contribution in [2.24, 2.45) is 11.0 Å². The minimum atomic E-state index is -1.10. The van der Waals surface area contributed by atoms with Gasteiger partial charge in [0.1, 0.15) is 0 Å². The Morgan fingerprint density at radius 2 is 2.18 bits per heavy atom. The molecule has 0 aromatic carbocycles. The predicted molar refractivity (Wildman–Crippen MR) is 41.6 cm³/mol. The van der Waals surface area contributed by atoms with Crippen LogP contribution in [0.5, 0.6) is 0 Å². The van der Waals surface area contributed by atoms with E-state index in [1.807, 2.05) is 5.43 Å². The molecule has 62 valence electrons. The fourth-order valence-corrected chi connectivity index (χ4v) is 1.30. The van der Waals surface area contributed by atoms with Crippen LogP contribution in [-0.2, 0) is 0 Å². The third kappa shape index (κ3) is 3.02. The molecule has 11 heavy (non-hydrogen) atoms. The summed E-state index contributed by atoms with van der Waals surface area (Å²) in [4.78, 5) is 9.95. The largest absolute Gasteiger partial charge is 0.464 e. The van der Waals surface area contributed by atoms with E-state index in [0.717, 1.165) is 12.8 Å². The first-order valence-corrected chi connectivity index (χ1v) is 3.81. The lowest BCUT2D eigenvalue weighted by atomic mass is 10.1. The number of amides is 1. The highest BCUT2D eigenvalue weighted by atomic mass is 16.4. The van der Waals surface area contributed by atoms with Crippen molar-refractivity contribution >= 4 is 12.3 Å². The molecule has 1 saturated carbocycles. The molecule has 0 unspecified atom stereocenters. The smallest absolute Gasteiger partial charge is 0.425 e. The normalized spacial score (nSPS) is 19.3. The molecule has 2 N–H and O–H groups in total. The predicted octanol–water partition coefficient (Wildman–Crippen LogP) is 1.43. The van der Waals surface area contributed by atoms with Gasteiger partial charge in [-0.05, 0) is 18.8 Å². The molecule has 0 aromatic heterocycles. The van der Waals surface area contributed by atoms with Crippen molar-refractivity contribution in [3.63, 3.8) is 0 Å². The van der Waals surface area contributed by atoms with Gasteiger partial charge >= 0.3 is 6.09 Å². The number of nitrogens with zero attached hydrogens (tertiary/aromatic N) is 1. The highest BCUT2D eigenvalue weighted by Crippen LogP contribution is 2.22. The van der Waals surface area contributed by atoms with Gasteiger partial charge in [-0.15, -0.1) is 0 Å². The van der Waals surface area contributed by atoms with Gasteiger partial charge in [0, 0.05) is 6.21 Å². The molecule has 1 fully saturated rings. The van der Waals surface area contributed by atoms with Crippen molar-refractivity contribution in [1.29, 1.82) is 0 Å². The lowest BCUT2D eigenvalue weighted by Crippen LogP contribution is -2.14. The Labute approximate surface area is 65.3 Å². The summed E-state index contributed by atoms with van der Waals surface area (Å²) in [6.45, 7) is 0. The first kappa shape index (κ1) is 8.04. The molecule has 0 saturated heterocycles. The van der Waals surface area contributed by atoms with E-state index in [-0.39, 0.29) is 0 Å². The number of nitrogens with one attached hydrogen (secondary N) is 1. The Bertz CT molecular complexity index is 162. The molecule has 0 spiro atoms. The van der Waals surface area contributed by atoms with Crippen LogP contribution in [-0.4, -0.2) is 17.4 Å². The zero-order valence-corrected chi connectivity index (χ0v) is 6.29. The lowest BCUT2D eigenvalue weighted by molar-refractivity contribution is 0.195. The average Bonchev–Trinajstić information content (AvgIpc) is 2.39. The summed E-state index contributed by atoms with van der Waals surface area (Å²) in [6, 6.07) is 0. The summed E-state index contributed by atoms with van der Waals surface area (Å²) in [5, 5.41) is 11.7. The molecule has 0 bridgehead atoms. The standard InChI is InChI=1S/C7H12N2O2/c10-7(11)9-8-5-6-3-1-2-4-6/h5-6,9H,1-4H2,(H,10,11). The van der Waals surface area contributed by atoms with E-state index < -0.39 is 6.09 Å². The third-order valence-corrected chi connectivity index (χ3v) is 1.85. The summed E-state index contributed by atoms with van der Waals surface area (Å²) in [7, 11) is 0. The monoisotopic (exact) mass is 156 g/mol. The fraction of sp³-hybridized carbons (Fsp3) is 0.714. The van der Waals surface area contributed by atoms with Crippen LogP contribution in [0, 0.1) is 5.92 Å². The zero-order chi connectivity index (χ0) is 8.10. The van der Waals surface area contributed by atoms with Crippen LogP contribution in [0.4, 0.5) is 4.79 Å². The second kappa shape index (κ2) is 3.95. The molecule has 1 aliphatic rings. The number of hydrazone groups is 1. The zero-order valence-electron chi connectivity index (χ0n) is 6.29. The van der Waals surface area contributed by atoms with Crippen LogP contribution >= 0.6 is 0 Å². The van der Waals surface area contributed by atoms with Gasteiger partial charge in [-0.25, -0.2) is 10.2 Å². The molecule has 4 heteroatoms. The maximum absolute atomic E-state index is 9.95. The van der Waals surface area contributed by atoms with E-state index in [9.17, 15) is 4.79 Å². The molecule has 0 aliphatic heterocycles. The Morgan fingerprint density at radius 3 is 2.73 bits per heavy atom. The van der Waals surface area contributed by atoms with Crippen LogP contribution in [0.3, 0.4) is 0 Å². The summed E-state index contributed by atoms with van der Waals surface area (Å²) in [6.07, 6.45) is 5.36. The van der Waals surface area contributed by atoms with Crippen LogP contribution in [0.15, 0.2) is 5.10 Å². The Hall–Kier alpha value is -1.06. The number of rotatable bonds is 2. The molecule has 1 amide bonds. The average molecular weight is 156 g/mol. The molecule has 4 nitrogen and oxygen atoms in total. The van der Waals surface area contributed by atoms with Crippen LogP contribution in [0.25, 0.3) is 0 Å². The molecule has 1 rings (SSSR count). The molecule has 1 aliphatic carbocycles. The second-order valence-corrected chi connectivity index (χ2v) is 2.74. The van der Waals surface area contributed by atoms with Crippen molar-refractivity contribution in [3.05, 3.63) is 0 Å². The number of hydrogen-bond donors (Lipinski definition) is 2. The SMILES string of the molecule is O=C(O)NN=CC1CCCC1. The molecular formula is C7H12N2O2. The van der Waals surface area contributed by atoms with E-state index in [0.29, 0.717) is 5.92 Å². The fourth-order valence-electron chi connectivity index (χ4n) is 1.30. The third-order valence-electron chi connectivity index (χ3n) is 1.85. The highest BCUT2D eigenvalue weighted by Gasteiger charge is 2.11. The van der Waals surface area contributed by atoms with E-state index in [4.69, 9.17) is 5.11 Å². The van der Waals surface area contributed by atoms with Crippen molar-refractivity contribution in [1.82, 2.24) is 5.43 Å². The second-order valence-electron chi connectivity index (χ2n) is 2.74. The molecule has 0 radical (unpaired) electrons. The number of carbonyl (C=O) groups is 1. The Kier molecular flexibility index (Phi) is 2.89. The van der Waals surface area contributed by atoms with E-state index >= 15 is 0 Å². The summed E-state index contributed by atoms with van der Waals surface area (Å²) < 4.78 is 0. The minimum Gasteiger partial charge on any atom is -0.464 e. The summed E-state index contributed by atoms with van der Waals surface area (Å²) in [5.41, 5.74) is 1.96. The first-order valence-electron chi connectivity index (χ1n) is 3.81. The van der Waals surface area contributed by atoms with Gasteiger partial charge in [-0.1, -0.05) is 12.8 Å². The highest BCUT2D eigenvalue weighted by molar-refractivity contribution is 5.67. The van der Waals surface area contributed by atoms with Gasteiger partial charge in [0.25, 0.3) is 0 Å². The van der Waals surface area contributed by atoms with Crippen molar-refractivity contribution < 1.29 is 9.90 Å². The lowest BCUT2D eigenvalue weighted by Gasteiger charge is -1.97. The van der Waals surface area contributed by atoms with Gasteiger partial charge in [-0.3, -0.25) is 0 Å². The molecule has 0 aromatic rings. The van der Waals surface area contributed by atoms with Gasteiger partial charge in [0.05, 0.1) is 0 Å². The van der Waals surface area contributed by atoms with E-state index in [2.05, 4.69) is 5.10 Å². The maximum Gasteiger partial charge on any atom is 0.425 e. The first-order chi connectivity index (χ1) is 5.29. The van der Waals surface area contributed by atoms with Crippen LogP contribution in [0.2, 0.25) is 0 Å². The van der Waals surface area contributed by atoms with Gasteiger partial charge < -0.3 is 5.11 Å². The van der Waals surface area contributed by atoms with Crippen molar-refractivity contribution in [2.45, 2.75) is 25.7 Å². The van der Waals surface area contributed by atoms with E-state index in [1.165, 1.54) is 12.8 Å². The van der Waals surface area contributed by atoms with E-state index in [1.54, 1.807) is 6.21 Å². The summed E-state index contributed by atoms with van der Waals surface area (Å²) >= 11 is 0. The number of hydrogen-bond acceptors (Lipinski definition) is 2. The Morgan fingerprint density at radius 1 is 1.55 bits per heavy atom. The van der Waals surface area contributed by atoms with Crippen molar-refractivity contribution in [3.8, 4) is 0 Å². The van der Waals surface area contributed by atoms with Crippen molar-refractivity contribution in [2.75, 3.05) is 0 Å². The molecule has 0 heterocycles. The van der Waals surface area contributed by atoms with Gasteiger partial charge in [0.2, 0.25) is 0 Å². The quantitative estimate of drug-likeness (QED) is 0.469. The minimum absolute atomic E-state index is 0.488. The topological polar surface area (TPSA) is 61.7 Å². The van der Waals surface area contributed by atoms with Gasteiger partial charge in [-0.2, -0.15) is 5.10 Å². The van der Waals surface area contributed by atoms with Gasteiger partial charge in [0.15, 0.2) is 0 Å². The number of carboxylic acid groups (broad SMARTS) is 1. The molecule has 0 atom stereocenters. The van der Waals surface area contributed by atoms with Crippen LogP contribution < -0.4 is 5.43 Å². The van der Waals surface area contributed by atoms with Crippen LogP contribution in [0.1, 0.15) is 25.7 Å². The Balaban J connectivity index is 2.17. The summed E-state index contributed by atoms with van der Waals surface area (Å²) in [5.74, 6) is 0.488.